The number of ether oxygens (including phenoxy) is 1. The van der Waals surface area contributed by atoms with Crippen molar-refractivity contribution >= 4 is 23.6 Å². The summed E-state index contributed by atoms with van der Waals surface area (Å²) in [4.78, 5) is 23.6. The molecule has 2 saturated heterocycles. The first-order valence-electron chi connectivity index (χ1n) is 4.87. The van der Waals surface area contributed by atoms with Crippen molar-refractivity contribution < 1.29 is 49.0 Å². The number of amides is 1. The fourth-order valence-corrected chi connectivity index (χ4v) is 2.96. The van der Waals surface area contributed by atoms with Crippen molar-refractivity contribution in [2.45, 2.75) is 24.5 Å². The number of thioether (sulfide) groups is 1. The molecular formula is C10H8NNaO4S. The number of carbonyl (C=O) groups excluding carboxylic acids is 2. The van der Waals surface area contributed by atoms with Crippen molar-refractivity contribution in [1.29, 1.82) is 0 Å². The number of aliphatic carboxylic acids is 1. The molecule has 3 heterocycles. The molecule has 0 aromatic heterocycles. The van der Waals surface area contributed by atoms with E-state index in [0.717, 1.165) is 0 Å². The van der Waals surface area contributed by atoms with E-state index < -0.39 is 5.97 Å². The fourth-order valence-electron chi connectivity index (χ4n) is 1.83. The second kappa shape index (κ2) is 4.44. The number of rotatable bonds is 2. The van der Waals surface area contributed by atoms with Crippen molar-refractivity contribution in [3.05, 3.63) is 22.8 Å². The number of carboxylic acid groups (broad SMARTS) is 1. The molecule has 0 bridgehead atoms. The summed E-state index contributed by atoms with van der Waals surface area (Å²) in [5.74, 6) is -1.56. The third-order valence-corrected chi connectivity index (χ3v) is 3.93. The van der Waals surface area contributed by atoms with Gasteiger partial charge < -0.3 is 14.6 Å². The van der Waals surface area contributed by atoms with Crippen LogP contribution in [0.5, 0.6) is 0 Å². The zero-order valence-electron chi connectivity index (χ0n) is 9.38. The van der Waals surface area contributed by atoms with Crippen molar-refractivity contribution in [3.8, 4) is 0 Å². The van der Waals surface area contributed by atoms with E-state index in [-0.39, 0.29) is 58.7 Å². The van der Waals surface area contributed by atoms with Gasteiger partial charge in [-0.25, -0.2) is 0 Å². The molecule has 1 amide bonds. The molecular weight excluding hydrogens is 253 g/mol. The van der Waals surface area contributed by atoms with Crippen molar-refractivity contribution in [2.75, 3.05) is 0 Å². The molecule has 0 aromatic rings. The van der Waals surface area contributed by atoms with E-state index in [1.165, 1.54) is 22.1 Å². The molecule has 0 aliphatic carbocycles. The quantitative estimate of drug-likeness (QED) is 0.221. The Labute approximate surface area is 124 Å². The van der Waals surface area contributed by atoms with Gasteiger partial charge in [-0.15, -0.1) is 11.8 Å². The number of hydrogen-bond donors (Lipinski definition) is 0. The SMILES string of the molecule is CC1OC1/C=C1/C(=O)N2C(C(=O)[O-])=CS[C@H]12.[Na+]. The van der Waals surface area contributed by atoms with Crippen LogP contribution in [0, 0.1) is 0 Å². The summed E-state index contributed by atoms with van der Waals surface area (Å²) >= 11 is 1.31. The van der Waals surface area contributed by atoms with E-state index in [9.17, 15) is 14.7 Å². The van der Waals surface area contributed by atoms with Crippen molar-refractivity contribution in [1.82, 2.24) is 4.90 Å². The van der Waals surface area contributed by atoms with E-state index in [1.54, 1.807) is 6.08 Å². The number of nitrogens with zero attached hydrogens (tertiary/aromatic N) is 1. The van der Waals surface area contributed by atoms with Gasteiger partial charge in [0.25, 0.3) is 5.91 Å². The summed E-state index contributed by atoms with van der Waals surface area (Å²) in [7, 11) is 0. The minimum Gasteiger partial charge on any atom is -0.543 e. The van der Waals surface area contributed by atoms with Gasteiger partial charge in [0, 0.05) is 5.57 Å². The molecule has 0 saturated carbocycles. The number of carboxylic acids is 1. The smallest absolute Gasteiger partial charge is 0.543 e. The summed E-state index contributed by atoms with van der Waals surface area (Å²) in [6, 6.07) is 0. The van der Waals surface area contributed by atoms with Crippen LogP contribution in [-0.4, -0.2) is 34.4 Å². The van der Waals surface area contributed by atoms with Gasteiger partial charge in [-0.3, -0.25) is 9.69 Å². The summed E-state index contributed by atoms with van der Waals surface area (Å²) in [6.45, 7) is 1.93. The summed E-state index contributed by atoms with van der Waals surface area (Å²) in [6.07, 6.45) is 1.95. The molecule has 2 unspecified atom stereocenters. The third-order valence-electron chi connectivity index (χ3n) is 2.85. The molecule has 3 rings (SSSR count). The molecule has 2 fully saturated rings. The Morgan fingerprint density at radius 3 is 2.82 bits per heavy atom. The largest absolute Gasteiger partial charge is 1.00 e. The molecule has 0 radical (unpaired) electrons. The molecule has 3 atom stereocenters. The molecule has 0 aromatic carbocycles. The first-order valence-corrected chi connectivity index (χ1v) is 5.81. The second-order valence-electron chi connectivity index (χ2n) is 3.88. The predicted octanol–water partition coefficient (Wildman–Crippen LogP) is -3.79. The molecule has 0 N–H and O–H groups in total. The van der Waals surface area contributed by atoms with Crippen LogP contribution in [-0.2, 0) is 14.3 Å². The normalized spacial score (nSPS) is 35.9. The number of epoxide rings is 1. The molecule has 5 nitrogen and oxygen atoms in total. The van der Waals surface area contributed by atoms with Crippen LogP contribution in [0.4, 0.5) is 0 Å². The Hall–Kier alpha value is -0.270. The van der Waals surface area contributed by atoms with Crippen molar-refractivity contribution in [2.24, 2.45) is 0 Å². The molecule has 3 aliphatic rings. The number of fused-ring (bicyclic) bond motifs is 1. The summed E-state index contributed by atoms with van der Waals surface area (Å²) < 4.78 is 5.19. The minimum atomic E-state index is -1.31. The van der Waals surface area contributed by atoms with Gasteiger partial charge in [0.05, 0.1) is 17.8 Å². The molecule has 3 aliphatic heterocycles. The maximum absolute atomic E-state index is 11.7. The third kappa shape index (κ3) is 1.98. The molecule has 17 heavy (non-hydrogen) atoms. The Morgan fingerprint density at radius 2 is 2.29 bits per heavy atom. The van der Waals surface area contributed by atoms with Crippen LogP contribution in [0.25, 0.3) is 0 Å². The maximum atomic E-state index is 11.7. The maximum Gasteiger partial charge on any atom is 1.00 e. The summed E-state index contributed by atoms with van der Waals surface area (Å²) in [5, 5.41) is 12.0. The second-order valence-corrected chi connectivity index (χ2v) is 4.84. The topological polar surface area (TPSA) is 73.0 Å². The van der Waals surface area contributed by atoms with Crippen LogP contribution in [0.15, 0.2) is 22.8 Å². The van der Waals surface area contributed by atoms with Gasteiger partial charge in [-0.1, -0.05) is 0 Å². The van der Waals surface area contributed by atoms with Crippen LogP contribution in [0.1, 0.15) is 6.92 Å². The van der Waals surface area contributed by atoms with Crippen LogP contribution >= 0.6 is 11.8 Å². The predicted molar refractivity (Wildman–Crippen MR) is 53.7 cm³/mol. The van der Waals surface area contributed by atoms with Crippen molar-refractivity contribution in [3.63, 3.8) is 0 Å². The molecule has 7 heteroatoms. The van der Waals surface area contributed by atoms with E-state index in [1.807, 2.05) is 6.92 Å². The first-order chi connectivity index (χ1) is 7.59. The van der Waals surface area contributed by atoms with Gasteiger partial charge >= 0.3 is 29.6 Å². The van der Waals surface area contributed by atoms with Gasteiger partial charge in [0.2, 0.25) is 0 Å². The van der Waals surface area contributed by atoms with E-state index in [4.69, 9.17) is 4.74 Å². The van der Waals surface area contributed by atoms with Crippen LogP contribution < -0.4 is 34.7 Å². The Kier molecular flexibility index (Phi) is 3.44. The molecule has 84 valence electrons. The average Bonchev–Trinajstić information content (AvgIpc) is 2.79. The van der Waals surface area contributed by atoms with E-state index in [0.29, 0.717) is 5.57 Å². The van der Waals surface area contributed by atoms with Crippen LogP contribution in [0.3, 0.4) is 0 Å². The van der Waals surface area contributed by atoms with Gasteiger partial charge in [-0.05, 0) is 18.4 Å². The Balaban J connectivity index is 0.00000108. The van der Waals surface area contributed by atoms with Gasteiger partial charge in [0.15, 0.2) is 0 Å². The summed E-state index contributed by atoms with van der Waals surface area (Å²) in [5.41, 5.74) is 0.591. The standard InChI is InChI=1S/C10H9NO4S.Na/c1-4-7(15-4)2-5-8(12)11-6(10(13)14)3-16-9(5)11;/h2-4,7,9H,1H3,(H,13,14);/q;+1/p-1/b5-2-;/t4?,7?,9-;/m1./s1. The number of hydrogen-bond acceptors (Lipinski definition) is 5. The number of carbonyl (C=O) groups is 2. The van der Waals surface area contributed by atoms with Crippen LogP contribution in [0.2, 0.25) is 0 Å². The number of β-lactam (4-membered cyclic amide) rings is 1. The van der Waals surface area contributed by atoms with E-state index >= 15 is 0 Å². The minimum absolute atomic E-state index is 0. The van der Waals surface area contributed by atoms with Gasteiger partial charge in [0.1, 0.15) is 11.5 Å². The van der Waals surface area contributed by atoms with E-state index in [2.05, 4.69) is 0 Å². The Morgan fingerprint density at radius 1 is 1.65 bits per heavy atom. The fraction of sp³-hybridized carbons (Fsp3) is 0.400. The first kappa shape index (κ1) is 13.2. The zero-order valence-corrected chi connectivity index (χ0v) is 12.2. The molecule has 0 spiro atoms. The van der Waals surface area contributed by atoms with Gasteiger partial charge in [-0.2, -0.15) is 0 Å². The Bertz CT molecular complexity index is 461. The average molecular weight is 261 g/mol. The monoisotopic (exact) mass is 261 g/mol. The zero-order chi connectivity index (χ0) is 11.4.